The fraction of sp³-hybridized carbons (Fsp3) is 0.609. The minimum absolute atomic E-state index is 0.137. The Morgan fingerprint density at radius 2 is 1.67 bits per heavy atom. The van der Waals surface area contributed by atoms with Crippen LogP contribution in [0.5, 0.6) is 0 Å². The van der Waals surface area contributed by atoms with Gasteiger partial charge in [-0.15, -0.1) is 0 Å². The predicted octanol–water partition coefficient (Wildman–Crippen LogP) is 3.51. The second-order valence-corrected chi connectivity index (χ2v) is 9.00. The molecule has 4 rings (SSSR count). The third-order valence-corrected chi connectivity index (χ3v) is 6.90. The summed E-state index contributed by atoms with van der Waals surface area (Å²) < 4.78 is 0. The van der Waals surface area contributed by atoms with Gasteiger partial charge < -0.3 is 15.5 Å². The van der Waals surface area contributed by atoms with E-state index in [9.17, 15) is 14.4 Å². The van der Waals surface area contributed by atoms with Crippen molar-refractivity contribution in [2.45, 2.75) is 63.8 Å². The van der Waals surface area contributed by atoms with Crippen LogP contribution in [0.2, 0.25) is 0 Å². The van der Waals surface area contributed by atoms with Gasteiger partial charge in [-0.05, 0) is 69.2 Å². The van der Waals surface area contributed by atoms with Gasteiger partial charge >= 0.3 is 6.03 Å². The first kappa shape index (κ1) is 20.7. The minimum Gasteiger partial charge on any atom is -0.372 e. The molecule has 0 spiro atoms. The fourth-order valence-electron chi connectivity index (χ4n) is 5.07. The highest BCUT2D eigenvalue weighted by Crippen LogP contribution is 2.36. The number of hydrogen-bond donors (Lipinski definition) is 2. The lowest BCUT2D eigenvalue weighted by atomic mass is 9.75. The molecule has 4 amide bonds. The summed E-state index contributed by atoms with van der Waals surface area (Å²) in [5.74, 6) is -0.509. The number of urea groups is 1. The second kappa shape index (κ2) is 8.66. The Hall–Kier alpha value is -2.57. The van der Waals surface area contributed by atoms with Crippen LogP contribution in [0.25, 0.3) is 0 Å². The van der Waals surface area contributed by atoms with Crippen molar-refractivity contribution >= 4 is 29.2 Å². The molecule has 2 aliphatic heterocycles. The second-order valence-electron chi connectivity index (χ2n) is 9.00. The van der Waals surface area contributed by atoms with Gasteiger partial charge in [-0.2, -0.15) is 0 Å². The molecule has 0 radical (unpaired) electrons. The molecule has 7 heteroatoms. The largest absolute Gasteiger partial charge is 0.372 e. The van der Waals surface area contributed by atoms with Crippen molar-refractivity contribution in [2.24, 2.45) is 5.92 Å². The quantitative estimate of drug-likeness (QED) is 0.725. The predicted molar refractivity (Wildman–Crippen MR) is 116 cm³/mol. The third kappa shape index (κ3) is 4.16. The molecule has 3 aliphatic rings. The van der Waals surface area contributed by atoms with E-state index in [1.807, 2.05) is 24.3 Å². The first-order chi connectivity index (χ1) is 14.5. The van der Waals surface area contributed by atoms with Gasteiger partial charge in [-0.1, -0.05) is 19.3 Å². The Bertz CT molecular complexity index is 797. The summed E-state index contributed by atoms with van der Waals surface area (Å²) in [6.07, 6.45) is 8.92. The smallest absolute Gasteiger partial charge is 0.325 e. The summed E-state index contributed by atoms with van der Waals surface area (Å²) in [5.41, 5.74) is 0.932. The number of carbonyl (C=O) groups is 3. The van der Waals surface area contributed by atoms with Crippen molar-refractivity contribution in [3.63, 3.8) is 0 Å². The van der Waals surface area contributed by atoms with Gasteiger partial charge in [0.25, 0.3) is 5.91 Å². The van der Waals surface area contributed by atoms with Gasteiger partial charge in [-0.3, -0.25) is 14.5 Å². The van der Waals surface area contributed by atoms with Crippen molar-refractivity contribution in [3.8, 4) is 0 Å². The number of amides is 4. The molecule has 2 saturated heterocycles. The Kier molecular flexibility index (Phi) is 5.97. The number of benzene rings is 1. The van der Waals surface area contributed by atoms with Gasteiger partial charge in [-0.25, -0.2) is 4.79 Å². The molecule has 0 bridgehead atoms. The highest BCUT2D eigenvalue weighted by Gasteiger charge is 2.52. The van der Waals surface area contributed by atoms with E-state index in [4.69, 9.17) is 0 Å². The molecule has 1 atom stereocenters. The van der Waals surface area contributed by atoms with Crippen molar-refractivity contribution in [1.82, 2.24) is 10.2 Å². The van der Waals surface area contributed by atoms with Gasteiger partial charge in [0, 0.05) is 24.5 Å². The number of carbonyl (C=O) groups excluding carboxylic acids is 3. The lowest BCUT2D eigenvalue weighted by molar-refractivity contribution is -0.135. The summed E-state index contributed by atoms with van der Waals surface area (Å²) in [7, 11) is 0. The molecule has 1 saturated carbocycles. The van der Waals surface area contributed by atoms with Crippen molar-refractivity contribution < 1.29 is 14.4 Å². The van der Waals surface area contributed by atoms with Crippen LogP contribution in [-0.4, -0.2) is 47.9 Å². The topological polar surface area (TPSA) is 81.8 Å². The number of nitrogens with zero attached hydrogens (tertiary/aromatic N) is 2. The van der Waals surface area contributed by atoms with Crippen molar-refractivity contribution in [3.05, 3.63) is 24.3 Å². The van der Waals surface area contributed by atoms with E-state index in [1.165, 1.54) is 25.7 Å². The summed E-state index contributed by atoms with van der Waals surface area (Å²) in [5, 5.41) is 5.68. The minimum atomic E-state index is -0.895. The fourth-order valence-corrected chi connectivity index (χ4v) is 5.07. The number of imide groups is 1. The molecule has 30 heavy (non-hydrogen) atoms. The maximum atomic E-state index is 13.0. The van der Waals surface area contributed by atoms with Gasteiger partial charge in [0.15, 0.2) is 0 Å². The van der Waals surface area contributed by atoms with Crippen LogP contribution in [0.3, 0.4) is 0 Å². The van der Waals surface area contributed by atoms with Crippen LogP contribution >= 0.6 is 0 Å². The van der Waals surface area contributed by atoms with E-state index in [0.29, 0.717) is 5.69 Å². The van der Waals surface area contributed by atoms with E-state index >= 15 is 0 Å². The van der Waals surface area contributed by atoms with Gasteiger partial charge in [0.2, 0.25) is 5.91 Å². The van der Waals surface area contributed by atoms with Crippen LogP contribution in [0.1, 0.15) is 58.3 Å². The molecule has 2 N–H and O–H groups in total. The number of nitrogens with one attached hydrogen (secondary N) is 2. The van der Waals surface area contributed by atoms with E-state index in [2.05, 4.69) is 15.5 Å². The summed E-state index contributed by atoms with van der Waals surface area (Å²) in [6.45, 7) is 3.68. The zero-order chi connectivity index (χ0) is 21.1. The van der Waals surface area contributed by atoms with Crippen molar-refractivity contribution in [1.29, 1.82) is 0 Å². The van der Waals surface area contributed by atoms with Crippen molar-refractivity contribution in [2.75, 3.05) is 29.9 Å². The Morgan fingerprint density at radius 1 is 1.03 bits per heavy atom. The maximum absolute atomic E-state index is 13.0. The Labute approximate surface area is 178 Å². The zero-order valence-electron chi connectivity index (χ0n) is 17.8. The van der Waals surface area contributed by atoms with Crippen LogP contribution < -0.4 is 15.5 Å². The molecule has 0 unspecified atom stereocenters. The Morgan fingerprint density at radius 3 is 2.33 bits per heavy atom. The highest BCUT2D eigenvalue weighted by molar-refractivity contribution is 6.10. The molecule has 1 aliphatic carbocycles. The van der Waals surface area contributed by atoms with E-state index in [0.717, 1.165) is 49.4 Å². The van der Waals surface area contributed by atoms with Gasteiger partial charge in [0.05, 0.1) is 0 Å². The summed E-state index contributed by atoms with van der Waals surface area (Å²) in [6, 6.07) is 7.30. The first-order valence-electron chi connectivity index (χ1n) is 11.3. The molecule has 7 nitrogen and oxygen atoms in total. The molecule has 1 aromatic carbocycles. The molecule has 1 aromatic rings. The number of anilines is 2. The molecular weight excluding hydrogens is 380 g/mol. The van der Waals surface area contributed by atoms with E-state index < -0.39 is 11.6 Å². The van der Waals surface area contributed by atoms with Crippen LogP contribution in [0, 0.1) is 5.92 Å². The molecule has 3 fully saturated rings. The SMILES string of the molecule is C[C@@]1(C2CCCCC2)NC(=O)N(CC(=O)Nc2ccc(N3CCCCC3)cc2)C1=O. The lowest BCUT2D eigenvalue weighted by Crippen LogP contribution is -2.51. The number of piperidine rings is 1. The van der Waals surface area contributed by atoms with E-state index in [1.54, 1.807) is 6.92 Å². The Balaban J connectivity index is 1.35. The van der Waals surface area contributed by atoms with Crippen LogP contribution in [-0.2, 0) is 9.59 Å². The van der Waals surface area contributed by atoms with Crippen LogP contribution in [0.4, 0.5) is 16.2 Å². The maximum Gasteiger partial charge on any atom is 0.325 e. The molecule has 0 aromatic heterocycles. The number of hydrogen-bond acceptors (Lipinski definition) is 4. The van der Waals surface area contributed by atoms with Crippen LogP contribution in [0.15, 0.2) is 24.3 Å². The highest BCUT2D eigenvalue weighted by atomic mass is 16.2. The average Bonchev–Trinajstić information content (AvgIpc) is 2.99. The standard InChI is InChI=1S/C23H32N4O3/c1-23(17-8-4-2-5-9-17)21(29)27(22(30)25-23)16-20(28)24-18-10-12-19(13-11-18)26-14-6-3-7-15-26/h10-13,17H,2-9,14-16H2,1H3,(H,24,28)(H,25,30)/t23-/m0/s1. The number of rotatable bonds is 5. The summed E-state index contributed by atoms with van der Waals surface area (Å²) >= 11 is 0. The normalized spacial score (nSPS) is 25.4. The lowest BCUT2D eigenvalue weighted by Gasteiger charge is -2.34. The third-order valence-electron chi connectivity index (χ3n) is 6.90. The molecule has 2 heterocycles. The zero-order valence-corrected chi connectivity index (χ0v) is 17.8. The first-order valence-corrected chi connectivity index (χ1v) is 11.3. The average molecular weight is 413 g/mol. The monoisotopic (exact) mass is 412 g/mol. The van der Waals surface area contributed by atoms with Gasteiger partial charge in [0.1, 0.15) is 12.1 Å². The summed E-state index contributed by atoms with van der Waals surface area (Å²) in [4.78, 5) is 41.4. The molecular formula is C23H32N4O3. The molecule has 162 valence electrons. The van der Waals surface area contributed by atoms with E-state index in [-0.39, 0.29) is 24.3 Å².